The molecular formula is C19H16ClNO3. The van der Waals surface area contributed by atoms with E-state index >= 15 is 0 Å². The third-order valence-corrected chi connectivity index (χ3v) is 3.81. The first-order valence-corrected chi connectivity index (χ1v) is 7.96. The molecule has 5 heteroatoms. The average molecular weight is 342 g/mol. The summed E-state index contributed by atoms with van der Waals surface area (Å²) in [6, 6.07) is 13.9. The number of halogens is 1. The molecule has 3 aromatic rings. The zero-order valence-electron chi connectivity index (χ0n) is 13.3. The second-order valence-electron chi connectivity index (χ2n) is 5.70. The van der Waals surface area contributed by atoms with Crippen molar-refractivity contribution in [1.82, 2.24) is 4.57 Å². The Labute approximate surface area is 144 Å². The molecule has 0 N–H and O–H groups in total. The number of pyridine rings is 1. The van der Waals surface area contributed by atoms with Crippen molar-refractivity contribution in [1.29, 1.82) is 0 Å². The molecule has 0 aliphatic heterocycles. The maximum Gasteiger partial charge on any atom is 0.340 e. The fraction of sp³-hybridized carbons (Fsp3) is 0.158. The molecule has 1 heterocycles. The normalized spacial score (nSPS) is 11.0. The highest BCUT2D eigenvalue weighted by Crippen LogP contribution is 2.20. The van der Waals surface area contributed by atoms with Crippen LogP contribution in [0.15, 0.2) is 59.5 Å². The van der Waals surface area contributed by atoms with E-state index in [1.54, 1.807) is 62.4 Å². The standard InChI is InChI=1S/C19H16ClNO3/c1-12(2)24-19(23)17-11-21(14-7-5-6-13(20)10-14)18(22)16-9-4-3-8-15(16)17/h3-12H,1-2H3. The van der Waals surface area contributed by atoms with Gasteiger partial charge in [-0.2, -0.15) is 0 Å². The van der Waals surface area contributed by atoms with Crippen molar-refractivity contribution in [2.75, 3.05) is 0 Å². The van der Waals surface area contributed by atoms with Crippen LogP contribution in [0.5, 0.6) is 0 Å². The SMILES string of the molecule is CC(C)OC(=O)c1cn(-c2cccc(Cl)c2)c(=O)c2ccccc12. The molecule has 0 spiro atoms. The Morgan fingerprint density at radius 3 is 2.46 bits per heavy atom. The molecule has 24 heavy (non-hydrogen) atoms. The van der Waals surface area contributed by atoms with E-state index in [1.165, 1.54) is 10.8 Å². The van der Waals surface area contributed by atoms with E-state index in [1.807, 2.05) is 0 Å². The minimum absolute atomic E-state index is 0.214. The molecule has 0 amide bonds. The number of fused-ring (bicyclic) bond motifs is 1. The van der Waals surface area contributed by atoms with Gasteiger partial charge in [0.05, 0.1) is 17.4 Å². The average Bonchev–Trinajstić information content (AvgIpc) is 2.54. The minimum atomic E-state index is -0.461. The second kappa shape index (κ2) is 6.49. The van der Waals surface area contributed by atoms with Gasteiger partial charge in [0.25, 0.3) is 5.56 Å². The van der Waals surface area contributed by atoms with E-state index in [2.05, 4.69) is 0 Å². The van der Waals surface area contributed by atoms with Gasteiger partial charge in [0.2, 0.25) is 0 Å². The number of benzene rings is 2. The second-order valence-corrected chi connectivity index (χ2v) is 6.13. The van der Waals surface area contributed by atoms with E-state index in [-0.39, 0.29) is 11.7 Å². The molecule has 0 saturated heterocycles. The van der Waals surface area contributed by atoms with E-state index in [9.17, 15) is 9.59 Å². The van der Waals surface area contributed by atoms with Crippen LogP contribution in [-0.2, 0) is 4.74 Å². The minimum Gasteiger partial charge on any atom is -0.459 e. The van der Waals surface area contributed by atoms with Crippen LogP contribution in [0.25, 0.3) is 16.5 Å². The molecule has 0 bridgehead atoms. The highest BCUT2D eigenvalue weighted by atomic mass is 35.5. The van der Waals surface area contributed by atoms with Crippen LogP contribution < -0.4 is 5.56 Å². The molecule has 0 aliphatic rings. The zero-order valence-corrected chi connectivity index (χ0v) is 14.1. The molecule has 0 atom stereocenters. The predicted molar refractivity (Wildman–Crippen MR) is 95.1 cm³/mol. The summed E-state index contributed by atoms with van der Waals surface area (Å²) in [7, 11) is 0. The first-order chi connectivity index (χ1) is 11.5. The lowest BCUT2D eigenvalue weighted by Crippen LogP contribution is -2.22. The monoisotopic (exact) mass is 341 g/mol. The number of aromatic nitrogens is 1. The fourth-order valence-corrected chi connectivity index (χ4v) is 2.73. The number of hydrogen-bond donors (Lipinski definition) is 0. The molecule has 2 aromatic carbocycles. The van der Waals surface area contributed by atoms with E-state index in [0.717, 1.165) is 0 Å². The van der Waals surface area contributed by atoms with E-state index in [4.69, 9.17) is 16.3 Å². The molecule has 0 fully saturated rings. The largest absolute Gasteiger partial charge is 0.459 e. The van der Waals surface area contributed by atoms with Gasteiger partial charge in [0.1, 0.15) is 0 Å². The van der Waals surface area contributed by atoms with Crippen LogP contribution in [0.4, 0.5) is 0 Å². The van der Waals surface area contributed by atoms with Crippen molar-refractivity contribution >= 4 is 28.3 Å². The van der Waals surface area contributed by atoms with Crippen molar-refractivity contribution < 1.29 is 9.53 Å². The summed E-state index contributed by atoms with van der Waals surface area (Å²) in [5, 5.41) is 1.54. The van der Waals surface area contributed by atoms with E-state index in [0.29, 0.717) is 27.0 Å². The lowest BCUT2D eigenvalue weighted by molar-refractivity contribution is 0.0379. The molecule has 1 aromatic heterocycles. The van der Waals surface area contributed by atoms with Crippen LogP contribution in [0, 0.1) is 0 Å². The number of rotatable bonds is 3. The van der Waals surface area contributed by atoms with Crippen molar-refractivity contribution in [3.05, 3.63) is 75.7 Å². The van der Waals surface area contributed by atoms with Gasteiger partial charge in [-0.3, -0.25) is 9.36 Å². The molecule has 3 rings (SSSR count). The summed E-state index contributed by atoms with van der Waals surface area (Å²) in [6.07, 6.45) is 1.27. The highest BCUT2D eigenvalue weighted by molar-refractivity contribution is 6.30. The molecular weight excluding hydrogens is 326 g/mol. The molecule has 0 radical (unpaired) electrons. The fourth-order valence-electron chi connectivity index (χ4n) is 2.55. The van der Waals surface area contributed by atoms with Gasteiger partial charge in [-0.15, -0.1) is 0 Å². The van der Waals surface area contributed by atoms with Gasteiger partial charge in [-0.1, -0.05) is 35.9 Å². The van der Waals surface area contributed by atoms with Crippen molar-refractivity contribution in [3.8, 4) is 5.69 Å². The Morgan fingerprint density at radius 1 is 1.08 bits per heavy atom. The number of esters is 1. The maximum atomic E-state index is 12.8. The highest BCUT2D eigenvalue weighted by Gasteiger charge is 2.17. The smallest absolute Gasteiger partial charge is 0.340 e. The molecule has 0 aliphatic carbocycles. The van der Waals surface area contributed by atoms with Crippen LogP contribution in [0.2, 0.25) is 5.02 Å². The molecule has 0 unspecified atom stereocenters. The molecule has 122 valence electrons. The van der Waals surface area contributed by atoms with Crippen molar-refractivity contribution in [2.45, 2.75) is 20.0 Å². The van der Waals surface area contributed by atoms with Gasteiger partial charge in [-0.05, 0) is 38.1 Å². The zero-order chi connectivity index (χ0) is 17.3. The van der Waals surface area contributed by atoms with Crippen LogP contribution in [0.1, 0.15) is 24.2 Å². The number of carbonyl (C=O) groups excluding carboxylic acids is 1. The number of hydrogen-bond acceptors (Lipinski definition) is 3. The Hall–Kier alpha value is -2.59. The number of nitrogens with zero attached hydrogens (tertiary/aromatic N) is 1. The predicted octanol–water partition coefficient (Wildman–Crippen LogP) is 4.21. The van der Waals surface area contributed by atoms with Crippen molar-refractivity contribution in [2.24, 2.45) is 0 Å². The lowest BCUT2D eigenvalue weighted by Gasteiger charge is -2.13. The third-order valence-electron chi connectivity index (χ3n) is 3.57. The number of ether oxygens (including phenoxy) is 1. The number of carbonyl (C=O) groups is 1. The molecule has 0 saturated carbocycles. The van der Waals surface area contributed by atoms with Gasteiger partial charge < -0.3 is 4.74 Å². The van der Waals surface area contributed by atoms with Gasteiger partial charge in [-0.25, -0.2) is 4.79 Å². The first-order valence-electron chi connectivity index (χ1n) is 7.58. The van der Waals surface area contributed by atoms with Crippen molar-refractivity contribution in [3.63, 3.8) is 0 Å². The topological polar surface area (TPSA) is 48.3 Å². The van der Waals surface area contributed by atoms with Crippen LogP contribution in [0.3, 0.4) is 0 Å². The molecule has 4 nitrogen and oxygen atoms in total. The Kier molecular flexibility index (Phi) is 4.40. The van der Waals surface area contributed by atoms with Crippen LogP contribution in [-0.4, -0.2) is 16.6 Å². The Balaban J connectivity index is 2.30. The van der Waals surface area contributed by atoms with E-state index < -0.39 is 5.97 Å². The van der Waals surface area contributed by atoms with Gasteiger partial charge in [0, 0.05) is 22.0 Å². The van der Waals surface area contributed by atoms with Gasteiger partial charge in [0.15, 0.2) is 0 Å². The lowest BCUT2D eigenvalue weighted by atomic mass is 10.1. The third kappa shape index (κ3) is 3.05. The summed E-state index contributed by atoms with van der Waals surface area (Å²) in [5.41, 5.74) is 0.727. The summed E-state index contributed by atoms with van der Waals surface area (Å²) < 4.78 is 6.74. The summed E-state index contributed by atoms with van der Waals surface area (Å²) >= 11 is 6.03. The quantitative estimate of drug-likeness (QED) is 0.670. The summed E-state index contributed by atoms with van der Waals surface area (Å²) in [4.78, 5) is 25.3. The summed E-state index contributed by atoms with van der Waals surface area (Å²) in [5.74, 6) is -0.461. The Morgan fingerprint density at radius 2 is 1.79 bits per heavy atom. The maximum absolute atomic E-state index is 12.8. The van der Waals surface area contributed by atoms with Crippen LogP contribution >= 0.6 is 11.6 Å². The van der Waals surface area contributed by atoms with Gasteiger partial charge >= 0.3 is 5.97 Å². The Bertz CT molecular complexity index is 976. The summed E-state index contributed by atoms with van der Waals surface area (Å²) in [6.45, 7) is 3.57. The first kappa shape index (κ1) is 16.3.